The van der Waals surface area contributed by atoms with Gasteiger partial charge in [-0.3, -0.25) is 9.59 Å². The Morgan fingerprint density at radius 3 is 2.41 bits per heavy atom. The summed E-state index contributed by atoms with van der Waals surface area (Å²) in [5.41, 5.74) is 11.6. The lowest BCUT2D eigenvalue weighted by molar-refractivity contribution is -0.143. The first-order chi connectivity index (χ1) is 21.0. The molecule has 6 aliphatic rings. The lowest BCUT2D eigenvalue weighted by Crippen LogP contribution is -2.25. The van der Waals surface area contributed by atoms with E-state index in [-0.39, 0.29) is 24.0 Å². The first-order valence-corrected chi connectivity index (χ1v) is 14.9. The van der Waals surface area contributed by atoms with Crippen LogP contribution in [0.1, 0.15) is 53.9 Å². The number of carboxylic acids is 1. The van der Waals surface area contributed by atoms with Gasteiger partial charge in [-0.25, -0.2) is 15.0 Å². The van der Waals surface area contributed by atoms with E-state index in [0.29, 0.717) is 34.7 Å². The highest BCUT2D eigenvalue weighted by Crippen LogP contribution is 2.49. The molecule has 9 nitrogen and oxygen atoms in total. The van der Waals surface area contributed by atoms with Crippen molar-refractivity contribution in [2.45, 2.75) is 53.9 Å². The lowest BCUT2D eigenvalue weighted by Gasteiger charge is -2.20. The van der Waals surface area contributed by atoms with Crippen LogP contribution in [-0.4, -0.2) is 46.4 Å². The summed E-state index contributed by atoms with van der Waals surface area (Å²) in [6.07, 6.45) is 8.76. The van der Waals surface area contributed by atoms with E-state index in [2.05, 4.69) is 25.7 Å². The molecule has 0 saturated carbocycles. The van der Waals surface area contributed by atoms with Gasteiger partial charge < -0.3 is 20.3 Å². The highest BCUT2D eigenvalue weighted by atomic mass is 16.5. The number of allylic oxidation sites excluding steroid dienone is 11. The Morgan fingerprint density at radius 1 is 1.05 bits per heavy atom. The largest absolute Gasteiger partial charge is 0.510 e. The predicted octanol–water partition coefficient (Wildman–Crippen LogP) is 6.11. The zero-order valence-corrected chi connectivity index (χ0v) is 25.8. The molecule has 3 N–H and O–H groups in total. The fraction of sp³-hybridized carbons (Fsp3) is 0.343. The summed E-state index contributed by atoms with van der Waals surface area (Å²) in [7, 11) is 1.29. The average molecular weight is 593 g/mol. The predicted molar refractivity (Wildman–Crippen MR) is 170 cm³/mol. The van der Waals surface area contributed by atoms with E-state index in [1.165, 1.54) is 7.11 Å². The van der Waals surface area contributed by atoms with Crippen molar-refractivity contribution in [2.24, 2.45) is 32.7 Å². The van der Waals surface area contributed by atoms with Gasteiger partial charge >= 0.3 is 11.9 Å². The molecular formula is C35H36N4O5. The van der Waals surface area contributed by atoms with Gasteiger partial charge in [0.2, 0.25) is 0 Å². The summed E-state index contributed by atoms with van der Waals surface area (Å²) >= 11 is 0. The molecule has 226 valence electrons. The number of nitrogens with zero attached hydrogens (tertiary/aromatic N) is 3. The van der Waals surface area contributed by atoms with Crippen molar-refractivity contribution in [3.8, 4) is 0 Å². The van der Waals surface area contributed by atoms with Crippen molar-refractivity contribution in [1.82, 2.24) is 5.32 Å². The Hall–Kier alpha value is -4.79. The molecular weight excluding hydrogens is 556 g/mol. The monoisotopic (exact) mass is 592 g/mol. The minimum absolute atomic E-state index is 0.0595. The van der Waals surface area contributed by atoms with Gasteiger partial charge in [-0.2, -0.15) is 0 Å². The van der Waals surface area contributed by atoms with Gasteiger partial charge in [0.05, 0.1) is 41.3 Å². The minimum atomic E-state index is -1.09. The van der Waals surface area contributed by atoms with Crippen LogP contribution in [0.3, 0.4) is 0 Å². The van der Waals surface area contributed by atoms with E-state index in [0.717, 1.165) is 62.8 Å². The fourth-order valence-corrected chi connectivity index (χ4v) is 7.05. The maximum absolute atomic E-state index is 13.2. The smallest absolute Gasteiger partial charge is 0.321 e. The average Bonchev–Trinajstić information content (AvgIpc) is 3.72. The van der Waals surface area contributed by atoms with E-state index in [1.807, 2.05) is 45.1 Å². The molecule has 0 radical (unpaired) electrons. The maximum atomic E-state index is 13.2. The third-order valence-electron chi connectivity index (χ3n) is 9.53. The van der Waals surface area contributed by atoms with Crippen LogP contribution >= 0.6 is 0 Å². The molecule has 1 aliphatic carbocycles. The number of aliphatic carboxylic acids is 1. The number of hydrogen-bond acceptors (Lipinski definition) is 8. The number of rotatable bonds is 6. The van der Waals surface area contributed by atoms with Gasteiger partial charge in [-0.15, -0.1) is 0 Å². The SMILES string of the molecule is C=CC1=C(C)C2=NC1=CC1=NC(=CC3=C(C)C4=C(O)C(C(=O)OC)C(=C5NC(=C2)[C@@H](C)[C@@H]5CCC(=O)O)C4=N3)C(CC)=C1C. The summed E-state index contributed by atoms with van der Waals surface area (Å²) in [5, 5.41) is 24.7. The van der Waals surface area contributed by atoms with E-state index in [1.54, 1.807) is 0 Å². The number of hydrogen-bond donors (Lipinski definition) is 3. The molecule has 6 rings (SSSR count). The molecule has 0 aromatic heterocycles. The Labute approximate surface area is 256 Å². The van der Waals surface area contributed by atoms with E-state index in [9.17, 15) is 19.8 Å². The number of aliphatic hydroxyl groups excluding tert-OH is 1. The summed E-state index contributed by atoms with van der Waals surface area (Å²) < 4.78 is 5.17. The van der Waals surface area contributed by atoms with Crippen molar-refractivity contribution >= 4 is 29.1 Å². The Balaban J connectivity index is 1.67. The molecule has 5 heterocycles. The second kappa shape index (κ2) is 10.7. The van der Waals surface area contributed by atoms with Gasteiger partial charge in [0.25, 0.3) is 0 Å². The van der Waals surface area contributed by atoms with Gasteiger partial charge in [0.1, 0.15) is 11.7 Å². The van der Waals surface area contributed by atoms with Crippen LogP contribution in [0, 0.1) is 17.8 Å². The zero-order chi connectivity index (χ0) is 31.6. The minimum Gasteiger partial charge on any atom is -0.510 e. The molecule has 8 bridgehead atoms. The number of aliphatic imine (C=N–C) groups is 3. The van der Waals surface area contributed by atoms with Gasteiger partial charge in [-0.05, 0) is 74.1 Å². The summed E-state index contributed by atoms with van der Waals surface area (Å²) in [4.78, 5) is 40.0. The van der Waals surface area contributed by atoms with Crippen LogP contribution in [0.5, 0.6) is 0 Å². The highest BCUT2D eigenvalue weighted by Gasteiger charge is 2.49. The molecule has 1 fully saturated rings. The number of ether oxygens (including phenoxy) is 1. The van der Waals surface area contributed by atoms with E-state index < -0.39 is 17.9 Å². The van der Waals surface area contributed by atoms with Crippen LogP contribution in [0.4, 0.5) is 0 Å². The number of carboxylic acid groups (broad SMARTS) is 1. The van der Waals surface area contributed by atoms with Crippen molar-refractivity contribution in [3.05, 3.63) is 104 Å². The molecule has 1 unspecified atom stereocenters. The molecule has 1 saturated heterocycles. The summed E-state index contributed by atoms with van der Waals surface area (Å²) in [6, 6.07) is 0. The number of nitrogens with one attached hydrogen (secondary N) is 1. The highest BCUT2D eigenvalue weighted by molar-refractivity contribution is 6.24. The molecule has 0 aromatic carbocycles. The normalized spacial score (nSPS) is 25.6. The summed E-state index contributed by atoms with van der Waals surface area (Å²) in [5.74, 6) is -3.14. The van der Waals surface area contributed by atoms with Crippen molar-refractivity contribution in [3.63, 3.8) is 0 Å². The molecule has 5 aliphatic heterocycles. The van der Waals surface area contributed by atoms with Gasteiger partial charge in [-0.1, -0.05) is 26.5 Å². The Bertz CT molecular complexity index is 1810. The van der Waals surface area contributed by atoms with Crippen molar-refractivity contribution in [2.75, 3.05) is 7.11 Å². The van der Waals surface area contributed by atoms with Gasteiger partial charge in [0.15, 0.2) is 0 Å². The number of esters is 1. The number of carbonyl (C=O) groups is 2. The third kappa shape index (κ3) is 4.32. The third-order valence-corrected chi connectivity index (χ3v) is 9.53. The van der Waals surface area contributed by atoms with Crippen LogP contribution in [0.2, 0.25) is 0 Å². The molecule has 44 heavy (non-hydrogen) atoms. The Morgan fingerprint density at radius 2 is 1.75 bits per heavy atom. The summed E-state index contributed by atoms with van der Waals surface area (Å²) in [6.45, 7) is 14.1. The van der Waals surface area contributed by atoms with Gasteiger partial charge in [0, 0.05) is 46.4 Å². The lowest BCUT2D eigenvalue weighted by atomic mass is 9.84. The fourth-order valence-electron chi connectivity index (χ4n) is 7.05. The number of fused-ring (bicyclic) bond motifs is 5. The number of carbonyl (C=O) groups excluding carboxylic acids is 1. The van der Waals surface area contributed by atoms with Crippen LogP contribution in [0.25, 0.3) is 0 Å². The first-order valence-electron chi connectivity index (χ1n) is 14.9. The van der Waals surface area contributed by atoms with E-state index in [4.69, 9.17) is 19.7 Å². The molecule has 0 aromatic rings. The Kier molecular flexibility index (Phi) is 7.14. The van der Waals surface area contributed by atoms with Crippen LogP contribution in [-0.2, 0) is 14.3 Å². The van der Waals surface area contributed by atoms with Crippen LogP contribution in [0.15, 0.2) is 119 Å². The van der Waals surface area contributed by atoms with Crippen molar-refractivity contribution in [1.29, 1.82) is 0 Å². The standard InChI is InChI=1S/C35H36N4O5/c1-8-19-15(3)22-12-24-17(5)21(10-11-28(40)41)32(38-24)30-31(35(43)44-7)34(42)29-18(6)25(39-33(29)30)14-27-20(9-2)16(4)23(37-27)13-26(19)36-22/h8,12-14,17,21,31,38,42H,1,9-11H2,2-7H3,(H,40,41)/t17-,21-,31?/m0/s1. The topological polar surface area (TPSA) is 133 Å². The van der Waals surface area contributed by atoms with Crippen LogP contribution < -0.4 is 5.32 Å². The second-order valence-electron chi connectivity index (χ2n) is 11.8. The molecule has 9 heteroatoms. The maximum Gasteiger partial charge on any atom is 0.321 e. The number of aliphatic hydroxyl groups is 1. The zero-order valence-electron chi connectivity index (χ0n) is 25.8. The molecule has 0 amide bonds. The quantitative estimate of drug-likeness (QED) is 0.319. The van der Waals surface area contributed by atoms with E-state index >= 15 is 0 Å². The number of methoxy groups -OCH3 is 1. The van der Waals surface area contributed by atoms with Crippen molar-refractivity contribution < 1.29 is 24.5 Å². The second-order valence-corrected chi connectivity index (χ2v) is 11.8. The molecule has 0 spiro atoms. The first kappa shape index (κ1) is 29.3. The molecule has 3 atom stereocenters.